The molecule has 0 bridgehead atoms. The molecule has 1 rings (SSSR count). The van der Waals surface area contributed by atoms with E-state index in [-0.39, 0.29) is 0 Å². The number of hydrogen-bond donors (Lipinski definition) is 0. The lowest BCUT2D eigenvalue weighted by Crippen LogP contribution is -1.90. The van der Waals surface area contributed by atoms with Crippen molar-refractivity contribution in [3.63, 3.8) is 0 Å². The van der Waals surface area contributed by atoms with Gasteiger partial charge in [-0.2, -0.15) is 0 Å². The van der Waals surface area contributed by atoms with Crippen molar-refractivity contribution in [1.82, 2.24) is 4.57 Å². The quantitative estimate of drug-likeness (QED) is 0.642. The van der Waals surface area contributed by atoms with Crippen LogP contribution in [0.15, 0.2) is 12.1 Å². The molecular weight excluding hydrogens is 328 g/mol. The Bertz CT molecular complexity index is 173. The third-order valence-electron chi connectivity index (χ3n) is 0.999. The van der Waals surface area contributed by atoms with E-state index in [9.17, 15) is 0 Å². The van der Waals surface area contributed by atoms with Crippen LogP contribution in [0.5, 0.6) is 0 Å². The highest BCUT2D eigenvalue weighted by Gasteiger charge is 1.94. The molecule has 0 amide bonds. The molecule has 0 aliphatic rings. The smallest absolute Gasteiger partial charge is 0.0803 e. The van der Waals surface area contributed by atoms with E-state index in [0.29, 0.717) is 0 Å². The molecule has 0 aliphatic carbocycles. The predicted molar refractivity (Wildman–Crippen MR) is 50.8 cm³/mol. The fourth-order valence-electron chi connectivity index (χ4n) is 0.463. The Kier molecular flexibility index (Phi) is 2.19. The maximum Gasteiger partial charge on any atom is 0.0803 e. The summed E-state index contributed by atoms with van der Waals surface area (Å²) in [5.41, 5.74) is 0. The van der Waals surface area contributed by atoms with Gasteiger partial charge in [0.25, 0.3) is 0 Å². The van der Waals surface area contributed by atoms with E-state index < -0.39 is 0 Å². The van der Waals surface area contributed by atoms with Gasteiger partial charge in [0.15, 0.2) is 0 Å². The summed E-state index contributed by atoms with van der Waals surface area (Å²) in [5, 5.41) is 0. The fraction of sp³-hybridized carbons (Fsp3) is 0.200. The molecule has 0 aromatic carbocycles. The zero-order chi connectivity index (χ0) is 6.15. The summed E-state index contributed by atoms with van der Waals surface area (Å²) in [4.78, 5) is 0. The molecule has 1 aromatic heterocycles. The topological polar surface area (TPSA) is 4.93 Å². The van der Waals surface area contributed by atoms with Gasteiger partial charge in [0.2, 0.25) is 0 Å². The van der Waals surface area contributed by atoms with Crippen LogP contribution in [0.25, 0.3) is 0 Å². The molecule has 1 nitrogen and oxygen atoms in total. The molecular formula is C5H5I2N. The van der Waals surface area contributed by atoms with E-state index in [1.165, 1.54) is 7.40 Å². The molecule has 0 unspecified atom stereocenters. The zero-order valence-corrected chi connectivity index (χ0v) is 8.67. The first kappa shape index (κ1) is 6.85. The van der Waals surface area contributed by atoms with Crippen LogP contribution in [-0.2, 0) is 7.05 Å². The average molecular weight is 333 g/mol. The largest absolute Gasteiger partial charge is 0.335 e. The van der Waals surface area contributed by atoms with E-state index in [1.54, 1.807) is 0 Å². The fourth-order valence-corrected chi connectivity index (χ4v) is 1.80. The van der Waals surface area contributed by atoms with E-state index in [2.05, 4.69) is 68.9 Å². The Morgan fingerprint density at radius 3 is 1.75 bits per heavy atom. The standard InChI is InChI=1S/C5H5I2N/c1-8-4(6)2-3-5(8)7/h2-3H,1H3. The molecule has 0 saturated heterocycles. The normalized spacial score (nSPS) is 9.88. The van der Waals surface area contributed by atoms with Gasteiger partial charge in [-0.1, -0.05) is 0 Å². The van der Waals surface area contributed by atoms with Gasteiger partial charge in [-0.25, -0.2) is 0 Å². The minimum Gasteiger partial charge on any atom is -0.335 e. The summed E-state index contributed by atoms with van der Waals surface area (Å²) in [6.07, 6.45) is 0. The monoisotopic (exact) mass is 333 g/mol. The highest BCUT2D eigenvalue weighted by atomic mass is 127. The third kappa shape index (κ3) is 1.18. The Morgan fingerprint density at radius 1 is 1.25 bits per heavy atom. The second-order valence-electron chi connectivity index (χ2n) is 1.54. The second-order valence-corrected chi connectivity index (χ2v) is 3.75. The van der Waals surface area contributed by atoms with Gasteiger partial charge >= 0.3 is 0 Å². The SMILES string of the molecule is Cn1c(I)ccc1I. The van der Waals surface area contributed by atoms with Crippen LogP contribution in [0.2, 0.25) is 0 Å². The van der Waals surface area contributed by atoms with Crippen LogP contribution in [0, 0.1) is 7.40 Å². The van der Waals surface area contributed by atoms with Gasteiger partial charge < -0.3 is 4.57 Å². The van der Waals surface area contributed by atoms with Crippen molar-refractivity contribution in [2.45, 2.75) is 0 Å². The zero-order valence-electron chi connectivity index (χ0n) is 4.36. The molecule has 0 radical (unpaired) electrons. The summed E-state index contributed by atoms with van der Waals surface area (Å²) in [5.74, 6) is 0. The van der Waals surface area contributed by atoms with Gasteiger partial charge in [0.05, 0.1) is 7.40 Å². The molecule has 0 saturated carbocycles. The number of nitrogens with zero attached hydrogens (tertiary/aromatic N) is 1. The van der Waals surface area contributed by atoms with E-state index >= 15 is 0 Å². The van der Waals surface area contributed by atoms with Gasteiger partial charge in [0.1, 0.15) is 0 Å². The molecule has 0 aliphatic heterocycles. The highest BCUT2D eigenvalue weighted by molar-refractivity contribution is 14.1. The maximum absolute atomic E-state index is 2.30. The summed E-state index contributed by atoms with van der Waals surface area (Å²) in [6.45, 7) is 0. The van der Waals surface area contributed by atoms with Gasteiger partial charge in [-0.3, -0.25) is 0 Å². The van der Waals surface area contributed by atoms with Crippen molar-refractivity contribution in [3.8, 4) is 0 Å². The third-order valence-corrected chi connectivity index (χ3v) is 3.17. The first-order valence-corrected chi connectivity index (χ1v) is 4.34. The van der Waals surface area contributed by atoms with Crippen LogP contribution in [0.4, 0.5) is 0 Å². The first-order chi connectivity index (χ1) is 3.72. The Labute approximate surface area is 75.7 Å². The molecule has 0 N–H and O–H groups in total. The van der Waals surface area contributed by atoms with Gasteiger partial charge in [-0.05, 0) is 57.3 Å². The second kappa shape index (κ2) is 2.55. The molecule has 0 fully saturated rings. The highest BCUT2D eigenvalue weighted by Crippen LogP contribution is 2.10. The average Bonchev–Trinajstić information content (AvgIpc) is 1.98. The number of aromatic nitrogens is 1. The minimum absolute atomic E-state index is 1.28. The minimum atomic E-state index is 1.28. The molecule has 44 valence electrons. The van der Waals surface area contributed by atoms with Crippen molar-refractivity contribution in [2.24, 2.45) is 7.05 Å². The first-order valence-electron chi connectivity index (χ1n) is 2.18. The Balaban J connectivity index is 3.19. The van der Waals surface area contributed by atoms with Crippen LogP contribution in [0.3, 0.4) is 0 Å². The van der Waals surface area contributed by atoms with Crippen LogP contribution < -0.4 is 0 Å². The number of rotatable bonds is 0. The summed E-state index contributed by atoms with van der Waals surface area (Å²) in [7, 11) is 2.06. The molecule has 0 atom stereocenters. The molecule has 1 aromatic rings. The number of halogens is 2. The Morgan fingerprint density at radius 2 is 1.62 bits per heavy atom. The van der Waals surface area contributed by atoms with E-state index in [0.717, 1.165) is 0 Å². The van der Waals surface area contributed by atoms with Crippen LogP contribution >= 0.6 is 45.2 Å². The van der Waals surface area contributed by atoms with E-state index in [1.807, 2.05) is 0 Å². The van der Waals surface area contributed by atoms with E-state index in [4.69, 9.17) is 0 Å². The summed E-state index contributed by atoms with van der Waals surface area (Å²) >= 11 is 4.61. The van der Waals surface area contributed by atoms with Crippen LogP contribution in [-0.4, -0.2) is 4.57 Å². The van der Waals surface area contributed by atoms with Gasteiger partial charge in [-0.15, -0.1) is 0 Å². The number of hydrogen-bond acceptors (Lipinski definition) is 0. The van der Waals surface area contributed by atoms with Gasteiger partial charge in [0, 0.05) is 7.05 Å². The predicted octanol–water partition coefficient (Wildman–Crippen LogP) is 2.23. The lowest BCUT2D eigenvalue weighted by Gasteiger charge is -1.93. The van der Waals surface area contributed by atoms with Crippen molar-refractivity contribution in [2.75, 3.05) is 0 Å². The summed E-state index contributed by atoms with van der Waals surface area (Å²) in [6, 6.07) is 4.20. The van der Waals surface area contributed by atoms with Crippen LogP contribution in [0.1, 0.15) is 0 Å². The summed E-state index contributed by atoms with van der Waals surface area (Å²) < 4.78 is 4.71. The lowest BCUT2D eigenvalue weighted by molar-refractivity contribution is 0.872. The van der Waals surface area contributed by atoms with Crippen molar-refractivity contribution in [3.05, 3.63) is 19.5 Å². The molecule has 1 heterocycles. The lowest BCUT2D eigenvalue weighted by atomic mass is 10.7. The van der Waals surface area contributed by atoms with Crippen molar-refractivity contribution in [1.29, 1.82) is 0 Å². The maximum atomic E-state index is 2.30. The molecule has 0 spiro atoms. The molecule has 8 heavy (non-hydrogen) atoms. The Hall–Kier alpha value is 0.740. The van der Waals surface area contributed by atoms with Crippen molar-refractivity contribution < 1.29 is 0 Å². The molecule has 3 heteroatoms. The van der Waals surface area contributed by atoms with Crippen molar-refractivity contribution >= 4 is 45.2 Å².